The van der Waals surface area contributed by atoms with Gasteiger partial charge in [-0.15, -0.1) is 10.2 Å². The number of anilines is 1. The Hall–Kier alpha value is -1.01. The number of nitrogens with one attached hydrogen (secondary N) is 1. The summed E-state index contributed by atoms with van der Waals surface area (Å²) in [7, 11) is 0. The minimum Gasteiger partial charge on any atom is -0.371 e. The number of hydrogen-bond acceptors (Lipinski definition) is 5. The van der Waals surface area contributed by atoms with E-state index in [0.29, 0.717) is 5.13 Å². The zero-order chi connectivity index (χ0) is 13.1. The average Bonchev–Trinajstić information content (AvgIpc) is 3.10. The molecule has 0 bridgehead atoms. The van der Waals surface area contributed by atoms with Gasteiger partial charge in [0, 0.05) is 12.5 Å². The van der Waals surface area contributed by atoms with Crippen LogP contribution in [0.1, 0.15) is 56.1 Å². The smallest absolute Gasteiger partial charge is 0.229 e. The van der Waals surface area contributed by atoms with Crippen molar-refractivity contribution in [3.05, 3.63) is 5.01 Å². The summed E-state index contributed by atoms with van der Waals surface area (Å²) in [5.74, 6) is 0.263. The number of carbonyl (C=O) groups excluding carboxylic acids is 1. The molecule has 1 unspecified atom stereocenters. The van der Waals surface area contributed by atoms with E-state index in [1.54, 1.807) is 0 Å². The van der Waals surface area contributed by atoms with Gasteiger partial charge in [0.1, 0.15) is 11.1 Å². The van der Waals surface area contributed by atoms with Crippen LogP contribution in [0.5, 0.6) is 0 Å². The van der Waals surface area contributed by atoms with E-state index in [4.69, 9.17) is 4.74 Å². The molecule has 1 saturated carbocycles. The second-order valence-corrected chi connectivity index (χ2v) is 6.28. The SMILES string of the molecule is O=C(Nc1nnc(C2CCCO2)s1)C1CCCCC1. The fraction of sp³-hybridized carbons (Fsp3) is 0.769. The van der Waals surface area contributed by atoms with E-state index in [1.807, 2.05) is 0 Å². The molecule has 3 rings (SSSR count). The lowest BCUT2D eigenvalue weighted by molar-refractivity contribution is -0.120. The van der Waals surface area contributed by atoms with Crippen molar-refractivity contribution in [2.24, 2.45) is 5.92 Å². The van der Waals surface area contributed by atoms with Crippen LogP contribution in [0.25, 0.3) is 0 Å². The Morgan fingerprint density at radius 2 is 2.00 bits per heavy atom. The Balaban J connectivity index is 1.58. The monoisotopic (exact) mass is 281 g/mol. The van der Waals surface area contributed by atoms with Crippen LogP contribution in [0.15, 0.2) is 0 Å². The first kappa shape index (κ1) is 13.0. The van der Waals surface area contributed by atoms with Gasteiger partial charge in [0.05, 0.1) is 0 Å². The van der Waals surface area contributed by atoms with Crippen molar-refractivity contribution in [2.45, 2.75) is 51.0 Å². The largest absolute Gasteiger partial charge is 0.371 e. The zero-order valence-electron chi connectivity index (χ0n) is 10.9. The molecule has 1 aromatic heterocycles. The van der Waals surface area contributed by atoms with Gasteiger partial charge in [-0.25, -0.2) is 0 Å². The quantitative estimate of drug-likeness (QED) is 0.925. The van der Waals surface area contributed by atoms with Gasteiger partial charge in [-0.3, -0.25) is 4.79 Å². The van der Waals surface area contributed by atoms with Crippen LogP contribution in [0, 0.1) is 5.92 Å². The van der Waals surface area contributed by atoms with Gasteiger partial charge < -0.3 is 10.1 Å². The second kappa shape index (κ2) is 5.96. The molecule has 19 heavy (non-hydrogen) atoms. The third-order valence-corrected chi connectivity index (χ3v) is 4.78. The molecule has 6 heteroatoms. The predicted molar refractivity (Wildman–Crippen MR) is 73.0 cm³/mol. The molecule has 1 amide bonds. The summed E-state index contributed by atoms with van der Waals surface area (Å²) in [4.78, 5) is 12.1. The normalized spacial score (nSPS) is 24.5. The van der Waals surface area contributed by atoms with Crippen LogP contribution < -0.4 is 5.32 Å². The molecule has 1 aromatic rings. The van der Waals surface area contributed by atoms with Crippen LogP contribution >= 0.6 is 11.3 Å². The zero-order valence-corrected chi connectivity index (χ0v) is 11.7. The van der Waals surface area contributed by atoms with Crippen molar-refractivity contribution < 1.29 is 9.53 Å². The van der Waals surface area contributed by atoms with Crippen molar-refractivity contribution >= 4 is 22.4 Å². The fourth-order valence-corrected chi connectivity index (χ4v) is 3.59. The topological polar surface area (TPSA) is 64.1 Å². The van der Waals surface area contributed by atoms with E-state index in [0.717, 1.165) is 50.1 Å². The van der Waals surface area contributed by atoms with E-state index < -0.39 is 0 Å². The summed E-state index contributed by atoms with van der Waals surface area (Å²) < 4.78 is 5.57. The summed E-state index contributed by atoms with van der Waals surface area (Å²) in [6, 6.07) is 0. The highest BCUT2D eigenvalue weighted by Gasteiger charge is 2.24. The maximum Gasteiger partial charge on any atom is 0.229 e. The van der Waals surface area contributed by atoms with Crippen LogP contribution in [0.3, 0.4) is 0 Å². The molecule has 0 spiro atoms. The minimum atomic E-state index is 0.0813. The van der Waals surface area contributed by atoms with Gasteiger partial charge in [0.25, 0.3) is 0 Å². The molecule has 1 atom stereocenters. The lowest BCUT2D eigenvalue weighted by atomic mass is 9.89. The Kier molecular flexibility index (Phi) is 4.08. The third kappa shape index (κ3) is 3.12. The highest BCUT2D eigenvalue weighted by molar-refractivity contribution is 7.15. The van der Waals surface area contributed by atoms with E-state index >= 15 is 0 Å². The molecule has 104 valence electrons. The summed E-state index contributed by atoms with van der Waals surface area (Å²) >= 11 is 1.44. The van der Waals surface area contributed by atoms with Gasteiger partial charge in [0.15, 0.2) is 0 Å². The summed E-state index contributed by atoms with van der Waals surface area (Å²) in [6.45, 7) is 0.800. The lowest BCUT2D eigenvalue weighted by Crippen LogP contribution is -2.24. The molecular formula is C13H19N3O2S. The van der Waals surface area contributed by atoms with Crippen LogP contribution in [0.2, 0.25) is 0 Å². The van der Waals surface area contributed by atoms with E-state index in [-0.39, 0.29) is 17.9 Å². The molecule has 1 aliphatic carbocycles. The van der Waals surface area contributed by atoms with Crippen LogP contribution in [-0.2, 0) is 9.53 Å². The minimum absolute atomic E-state index is 0.0813. The number of hydrogen-bond donors (Lipinski definition) is 1. The lowest BCUT2D eigenvalue weighted by Gasteiger charge is -2.19. The number of aromatic nitrogens is 2. The summed E-state index contributed by atoms with van der Waals surface area (Å²) in [5, 5.41) is 12.6. The van der Waals surface area contributed by atoms with Crippen molar-refractivity contribution in [1.29, 1.82) is 0 Å². The Labute approximate surface area is 116 Å². The fourth-order valence-electron chi connectivity index (χ4n) is 2.76. The summed E-state index contributed by atoms with van der Waals surface area (Å²) in [6.07, 6.45) is 7.75. The molecule has 2 aliphatic rings. The Morgan fingerprint density at radius 1 is 1.16 bits per heavy atom. The van der Waals surface area contributed by atoms with Gasteiger partial charge in [-0.2, -0.15) is 0 Å². The number of rotatable bonds is 3. The second-order valence-electron chi connectivity index (χ2n) is 5.27. The van der Waals surface area contributed by atoms with Gasteiger partial charge in [0.2, 0.25) is 11.0 Å². The van der Waals surface area contributed by atoms with Gasteiger partial charge in [-0.1, -0.05) is 30.6 Å². The highest BCUT2D eigenvalue weighted by atomic mass is 32.1. The maximum absolute atomic E-state index is 12.1. The number of ether oxygens (including phenoxy) is 1. The molecular weight excluding hydrogens is 262 g/mol. The molecule has 0 aromatic carbocycles. The molecule has 0 radical (unpaired) electrons. The molecule has 1 N–H and O–H groups in total. The number of nitrogens with zero attached hydrogens (tertiary/aromatic N) is 2. The van der Waals surface area contributed by atoms with E-state index in [2.05, 4.69) is 15.5 Å². The molecule has 1 aliphatic heterocycles. The van der Waals surface area contributed by atoms with E-state index in [1.165, 1.54) is 17.8 Å². The maximum atomic E-state index is 12.1. The molecule has 5 nitrogen and oxygen atoms in total. The number of amides is 1. The number of carbonyl (C=O) groups is 1. The highest BCUT2D eigenvalue weighted by Crippen LogP contribution is 2.32. The van der Waals surface area contributed by atoms with Crippen molar-refractivity contribution in [3.63, 3.8) is 0 Å². The molecule has 2 fully saturated rings. The van der Waals surface area contributed by atoms with Crippen molar-refractivity contribution in [3.8, 4) is 0 Å². The Morgan fingerprint density at radius 3 is 2.74 bits per heavy atom. The predicted octanol–water partition coefficient (Wildman–Crippen LogP) is 2.91. The van der Waals surface area contributed by atoms with Gasteiger partial charge >= 0.3 is 0 Å². The molecule has 2 heterocycles. The standard InChI is InChI=1S/C13H19N3O2S/c17-11(9-5-2-1-3-6-9)14-13-16-15-12(19-13)10-7-4-8-18-10/h9-10H,1-8H2,(H,14,16,17). The van der Waals surface area contributed by atoms with Crippen molar-refractivity contribution in [2.75, 3.05) is 11.9 Å². The first-order chi connectivity index (χ1) is 9.33. The Bertz CT molecular complexity index is 437. The third-order valence-electron chi connectivity index (χ3n) is 3.85. The molecule has 1 saturated heterocycles. The summed E-state index contributed by atoms with van der Waals surface area (Å²) in [5.41, 5.74) is 0. The van der Waals surface area contributed by atoms with Crippen molar-refractivity contribution in [1.82, 2.24) is 10.2 Å². The first-order valence-corrected chi connectivity index (χ1v) is 7.90. The average molecular weight is 281 g/mol. The van der Waals surface area contributed by atoms with Crippen LogP contribution in [-0.4, -0.2) is 22.7 Å². The van der Waals surface area contributed by atoms with E-state index in [9.17, 15) is 4.79 Å². The first-order valence-electron chi connectivity index (χ1n) is 7.09. The van der Waals surface area contributed by atoms with Crippen LogP contribution in [0.4, 0.5) is 5.13 Å². The van der Waals surface area contributed by atoms with Gasteiger partial charge in [-0.05, 0) is 25.7 Å².